The second-order valence-electron chi connectivity index (χ2n) is 6.83. The van der Waals surface area contributed by atoms with Crippen LogP contribution in [0.5, 0.6) is 0 Å². The van der Waals surface area contributed by atoms with Crippen molar-refractivity contribution >= 4 is 0 Å². The van der Waals surface area contributed by atoms with Crippen molar-refractivity contribution in [2.75, 3.05) is 0 Å². The Kier molecular flexibility index (Phi) is 5.26. The highest BCUT2D eigenvalue weighted by Crippen LogP contribution is 2.29. The lowest BCUT2D eigenvalue weighted by Crippen LogP contribution is -2.35. The average Bonchev–Trinajstić information content (AvgIpc) is 2.38. The Labute approximate surface area is 125 Å². The molecule has 1 nitrogen and oxygen atoms in total. The van der Waals surface area contributed by atoms with Crippen LogP contribution in [0.2, 0.25) is 0 Å². The molecule has 0 bridgehead atoms. The van der Waals surface area contributed by atoms with Gasteiger partial charge in [0.1, 0.15) is 0 Å². The first-order chi connectivity index (χ1) is 9.51. The lowest BCUT2D eigenvalue weighted by molar-refractivity contribution is 0.273. The molecule has 1 saturated carbocycles. The Morgan fingerprint density at radius 1 is 1.05 bits per heavy atom. The molecular weight excluding hydrogens is 242 g/mol. The molecule has 1 fully saturated rings. The summed E-state index contributed by atoms with van der Waals surface area (Å²) in [7, 11) is 0. The zero-order valence-corrected chi connectivity index (χ0v) is 13.9. The van der Waals surface area contributed by atoms with E-state index in [9.17, 15) is 0 Å². The first-order valence-corrected chi connectivity index (χ1v) is 8.35. The summed E-state index contributed by atoms with van der Waals surface area (Å²) in [6, 6.07) is 5.81. The topological polar surface area (TPSA) is 12.0 Å². The van der Waals surface area contributed by atoms with E-state index in [1.807, 2.05) is 0 Å². The summed E-state index contributed by atoms with van der Waals surface area (Å²) < 4.78 is 0. The number of hydrogen-bond acceptors (Lipinski definition) is 1. The fourth-order valence-corrected chi connectivity index (χ4v) is 4.05. The predicted octanol–water partition coefficient (Wildman–Crippen LogP) is 5.23. The maximum absolute atomic E-state index is 3.88. The highest BCUT2D eigenvalue weighted by atomic mass is 14.9. The van der Waals surface area contributed by atoms with Crippen LogP contribution < -0.4 is 5.32 Å². The Hall–Kier alpha value is -0.820. The Balaban J connectivity index is 2.00. The normalized spacial score (nSPS) is 24.6. The number of benzene rings is 1. The second-order valence-corrected chi connectivity index (χ2v) is 6.83. The minimum Gasteiger partial charge on any atom is -0.307 e. The second kappa shape index (κ2) is 6.76. The van der Waals surface area contributed by atoms with E-state index < -0.39 is 0 Å². The molecule has 1 heteroatoms. The molecule has 0 amide bonds. The zero-order valence-electron chi connectivity index (χ0n) is 13.9. The molecule has 0 saturated heterocycles. The molecule has 0 aliphatic heterocycles. The first-order valence-electron chi connectivity index (χ1n) is 8.35. The smallest absolute Gasteiger partial charge is 0.0299 e. The van der Waals surface area contributed by atoms with Crippen LogP contribution in [0.15, 0.2) is 12.1 Å². The van der Waals surface area contributed by atoms with Crippen molar-refractivity contribution in [3.05, 3.63) is 34.4 Å². The van der Waals surface area contributed by atoms with Crippen molar-refractivity contribution in [3.63, 3.8) is 0 Å². The van der Waals surface area contributed by atoms with Crippen LogP contribution in [0.3, 0.4) is 0 Å². The number of aryl methyl sites for hydroxylation is 3. The van der Waals surface area contributed by atoms with E-state index in [2.05, 4.69) is 52.1 Å². The summed E-state index contributed by atoms with van der Waals surface area (Å²) in [4.78, 5) is 0. The molecule has 0 radical (unpaired) electrons. The first kappa shape index (κ1) is 15.6. The Morgan fingerprint density at radius 3 is 2.10 bits per heavy atom. The third kappa shape index (κ3) is 3.63. The van der Waals surface area contributed by atoms with Gasteiger partial charge in [0.25, 0.3) is 0 Å². The van der Waals surface area contributed by atoms with Crippen molar-refractivity contribution in [1.29, 1.82) is 0 Å². The van der Waals surface area contributed by atoms with E-state index in [1.165, 1.54) is 54.4 Å². The predicted molar refractivity (Wildman–Crippen MR) is 88.2 cm³/mol. The molecule has 1 atom stereocenters. The summed E-state index contributed by atoms with van der Waals surface area (Å²) in [5.41, 5.74) is 5.75. The van der Waals surface area contributed by atoms with Gasteiger partial charge in [-0.25, -0.2) is 0 Å². The van der Waals surface area contributed by atoms with E-state index in [0.29, 0.717) is 12.1 Å². The van der Waals surface area contributed by atoms with Crippen LogP contribution in [0.1, 0.15) is 74.2 Å². The van der Waals surface area contributed by atoms with Crippen molar-refractivity contribution < 1.29 is 0 Å². The van der Waals surface area contributed by atoms with Crippen LogP contribution in [-0.2, 0) is 0 Å². The zero-order chi connectivity index (χ0) is 14.7. The molecule has 112 valence electrons. The monoisotopic (exact) mass is 273 g/mol. The molecular formula is C19H31N. The summed E-state index contributed by atoms with van der Waals surface area (Å²) in [6.45, 7) is 11.4. The van der Waals surface area contributed by atoms with Crippen molar-refractivity contribution in [1.82, 2.24) is 5.32 Å². The van der Waals surface area contributed by atoms with Crippen molar-refractivity contribution in [2.45, 2.75) is 78.8 Å². The quantitative estimate of drug-likeness (QED) is 0.792. The van der Waals surface area contributed by atoms with Gasteiger partial charge in [0.05, 0.1) is 0 Å². The van der Waals surface area contributed by atoms with Gasteiger partial charge in [-0.15, -0.1) is 0 Å². The van der Waals surface area contributed by atoms with Crippen molar-refractivity contribution in [2.24, 2.45) is 5.92 Å². The van der Waals surface area contributed by atoms with Gasteiger partial charge >= 0.3 is 0 Å². The van der Waals surface area contributed by atoms with Gasteiger partial charge < -0.3 is 5.32 Å². The van der Waals surface area contributed by atoms with E-state index in [1.54, 1.807) is 0 Å². The van der Waals surface area contributed by atoms with E-state index >= 15 is 0 Å². The Morgan fingerprint density at radius 2 is 1.60 bits per heavy atom. The molecule has 0 spiro atoms. The van der Waals surface area contributed by atoms with Crippen LogP contribution in [0.25, 0.3) is 0 Å². The standard InChI is InChI=1S/C19H31N/c1-6-17-7-9-18(10-8-17)20-16(5)19-14(3)11-13(2)12-15(19)4/h11-12,16-18,20H,6-10H2,1-5H3. The van der Waals surface area contributed by atoms with Gasteiger partial charge in [-0.1, -0.05) is 31.0 Å². The molecule has 1 N–H and O–H groups in total. The summed E-state index contributed by atoms with van der Waals surface area (Å²) in [6.07, 6.45) is 6.89. The van der Waals surface area contributed by atoms with Crippen LogP contribution in [0.4, 0.5) is 0 Å². The fraction of sp³-hybridized carbons (Fsp3) is 0.684. The number of hydrogen-bond donors (Lipinski definition) is 1. The molecule has 1 aromatic carbocycles. The average molecular weight is 273 g/mol. The largest absolute Gasteiger partial charge is 0.307 e. The third-order valence-corrected chi connectivity index (χ3v) is 5.08. The van der Waals surface area contributed by atoms with Crippen LogP contribution in [-0.4, -0.2) is 6.04 Å². The molecule has 0 heterocycles. The van der Waals surface area contributed by atoms with Gasteiger partial charge in [-0.05, 0) is 76.0 Å². The lowest BCUT2D eigenvalue weighted by atomic mass is 9.84. The number of nitrogens with one attached hydrogen (secondary N) is 1. The molecule has 1 unspecified atom stereocenters. The van der Waals surface area contributed by atoms with Gasteiger partial charge in [0.15, 0.2) is 0 Å². The Bertz CT molecular complexity index is 418. The molecule has 2 rings (SSSR count). The molecule has 1 aliphatic carbocycles. The molecule has 1 aromatic rings. The molecule has 20 heavy (non-hydrogen) atoms. The van der Waals surface area contributed by atoms with E-state index in [0.717, 1.165) is 5.92 Å². The SMILES string of the molecule is CCC1CCC(NC(C)c2c(C)cc(C)cc2C)CC1. The highest BCUT2D eigenvalue weighted by molar-refractivity contribution is 5.39. The number of rotatable bonds is 4. The molecule has 1 aliphatic rings. The van der Waals surface area contributed by atoms with Gasteiger partial charge in [0.2, 0.25) is 0 Å². The summed E-state index contributed by atoms with van der Waals surface area (Å²) in [5, 5.41) is 3.88. The van der Waals surface area contributed by atoms with E-state index in [4.69, 9.17) is 0 Å². The third-order valence-electron chi connectivity index (χ3n) is 5.08. The van der Waals surface area contributed by atoms with Gasteiger partial charge in [0, 0.05) is 12.1 Å². The summed E-state index contributed by atoms with van der Waals surface area (Å²) in [5.74, 6) is 0.978. The van der Waals surface area contributed by atoms with Crippen LogP contribution >= 0.6 is 0 Å². The van der Waals surface area contributed by atoms with Gasteiger partial charge in [-0.2, -0.15) is 0 Å². The highest BCUT2D eigenvalue weighted by Gasteiger charge is 2.22. The maximum Gasteiger partial charge on any atom is 0.0299 e. The minimum absolute atomic E-state index is 0.471. The van der Waals surface area contributed by atoms with Crippen LogP contribution in [0, 0.1) is 26.7 Å². The van der Waals surface area contributed by atoms with E-state index in [-0.39, 0.29) is 0 Å². The minimum atomic E-state index is 0.471. The van der Waals surface area contributed by atoms with Gasteiger partial charge in [-0.3, -0.25) is 0 Å². The summed E-state index contributed by atoms with van der Waals surface area (Å²) >= 11 is 0. The van der Waals surface area contributed by atoms with Crippen molar-refractivity contribution in [3.8, 4) is 0 Å². The lowest BCUT2D eigenvalue weighted by Gasteiger charge is -2.32. The fourth-order valence-electron chi connectivity index (χ4n) is 4.05. The molecule has 0 aromatic heterocycles. The maximum atomic E-state index is 3.88.